The zero-order valence-electron chi connectivity index (χ0n) is 12.4. The molecule has 0 saturated heterocycles. The van der Waals surface area contributed by atoms with Crippen molar-refractivity contribution in [3.05, 3.63) is 65.7 Å². The maximum Gasteiger partial charge on any atom is 0.337 e. The van der Waals surface area contributed by atoms with Crippen LogP contribution in [0.2, 0.25) is 0 Å². The molecular formula is C18H13NO4. The summed E-state index contributed by atoms with van der Waals surface area (Å²) in [6.07, 6.45) is 0.707. The van der Waals surface area contributed by atoms with Crippen molar-refractivity contribution >= 4 is 12.3 Å². The number of methoxy groups -OCH3 is 1. The standard InChI is InChI=1S/C18H13NO4/c1-22-18(21)14-9-5-8-13(10-14)16-15(11-20)17(23-19-16)12-6-3-2-4-7-12/h2-11H,1H3. The minimum atomic E-state index is -0.453. The van der Waals surface area contributed by atoms with E-state index >= 15 is 0 Å². The van der Waals surface area contributed by atoms with Crippen molar-refractivity contribution in [2.75, 3.05) is 7.11 Å². The Hall–Kier alpha value is -3.21. The average molecular weight is 307 g/mol. The Balaban J connectivity index is 2.10. The zero-order valence-corrected chi connectivity index (χ0v) is 12.4. The molecule has 0 spiro atoms. The lowest BCUT2D eigenvalue weighted by Crippen LogP contribution is -2.01. The van der Waals surface area contributed by atoms with Gasteiger partial charge in [0.1, 0.15) is 5.69 Å². The van der Waals surface area contributed by atoms with Crippen molar-refractivity contribution in [3.63, 3.8) is 0 Å². The van der Waals surface area contributed by atoms with Gasteiger partial charge in [-0.2, -0.15) is 0 Å². The Morgan fingerprint density at radius 3 is 2.52 bits per heavy atom. The fourth-order valence-corrected chi connectivity index (χ4v) is 2.32. The summed E-state index contributed by atoms with van der Waals surface area (Å²) in [7, 11) is 1.31. The van der Waals surface area contributed by atoms with Gasteiger partial charge in [-0.1, -0.05) is 47.6 Å². The van der Waals surface area contributed by atoms with E-state index in [1.807, 2.05) is 30.3 Å². The molecule has 0 fully saturated rings. The predicted molar refractivity (Wildman–Crippen MR) is 84.1 cm³/mol. The molecule has 0 aliphatic heterocycles. The van der Waals surface area contributed by atoms with E-state index in [1.54, 1.807) is 24.3 Å². The largest absolute Gasteiger partial charge is 0.465 e. The molecule has 0 N–H and O–H groups in total. The lowest BCUT2D eigenvalue weighted by atomic mass is 10.0. The molecule has 5 nitrogen and oxygen atoms in total. The van der Waals surface area contributed by atoms with Crippen LogP contribution in [-0.2, 0) is 4.74 Å². The zero-order chi connectivity index (χ0) is 16.2. The van der Waals surface area contributed by atoms with E-state index in [-0.39, 0.29) is 0 Å². The van der Waals surface area contributed by atoms with Crippen LogP contribution in [0.4, 0.5) is 0 Å². The molecule has 114 valence electrons. The molecule has 0 aliphatic carbocycles. The summed E-state index contributed by atoms with van der Waals surface area (Å²) in [5, 5.41) is 4.00. The molecule has 0 saturated carbocycles. The van der Waals surface area contributed by atoms with Gasteiger partial charge in [-0.3, -0.25) is 4.79 Å². The van der Waals surface area contributed by atoms with Crippen LogP contribution < -0.4 is 0 Å². The number of hydrogen-bond donors (Lipinski definition) is 0. The molecule has 0 bridgehead atoms. The molecule has 0 unspecified atom stereocenters. The van der Waals surface area contributed by atoms with Crippen molar-refractivity contribution < 1.29 is 18.8 Å². The summed E-state index contributed by atoms with van der Waals surface area (Å²) < 4.78 is 10.1. The summed E-state index contributed by atoms with van der Waals surface area (Å²) in [5.74, 6) is -0.0506. The van der Waals surface area contributed by atoms with Crippen LogP contribution in [0.1, 0.15) is 20.7 Å². The molecule has 0 radical (unpaired) electrons. The second-order valence-electron chi connectivity index (χ2n) is 4.83. The van der Waals surface area contributed by atoms with Crippen LogP contribution in [0.3, 0.4) is 0 Å². The van der Waals surface area contributed by atoms with Crippen molar-refractivity contribution in [1.29, 1.82) is 0 Å². The lowest BCUT2D eigenvalue weighted by molar-refractivity contribution is 0.0600. The molecule has 1 heterocycles. The first kappa shape index (κ1) is 14.7. The Morgan fingerprint density at radius 1 is 1.09 bits per heavy atom. The molecule has 0 atom stereocenters. The van der Waals surface area contributed by atoms with Crippen LogP contribution in [0, 0.1) is 0 Å². The average Bonchev–Trinajstić information content (AvgIpc) is 3.06. The number of ether oxygens (including phenoxy) is 1. The molecule has 0 aliphatic rings. The third-order valence-corrected chi connectivity index (χ3v) is 3.44. The van der Waals surface area contributed by atoms with Crippen molar-refractivity contribution in [1.82, 2.24) is 5.16 Å². The number of aromatic nitrogens is 1. The van der Waals surface area contributed by atoms with Crippen LogP contribution in [0.25, 0.3) is 22.6 Å². The Kier molecular flexibility index (Phi) is 4.01. The van der Waals surface area contributed by atoms with Gasteiger partial charge < -0.3 is 9.26 Å². The highest BCUT2D eigenvalue weighted by molar-refractivity contribution is 5.95. The molecule has 0 amide bonds. The minimum absolute atomic E-state index is 0.346. The number of benzene rings is 2. The Bertz CT molecular complexity index is 852. The molecular weight excluding hydrogens is 294 g/mol. The van der Waals surface area contributed by atoms with Crippen molar-refractivity contribution in [2.45, 2.75) is 0 Å². The summed E-state index contributed by atoms with van der Waals surface area (Å²) in [5.41, 5.74) is 2.49. The summed E-state index contributed by atoms with van der Waals surface area (Å²) in [4.78, 5) is 23.2. The molecule has 3 rings (SSSR count). The SMILES string of the molecule is COC(=O)c1cccc(-c2noc(-c3ccccc3)c2C=O)c1. The first-order chi connectivity index (χ1) is 11.2. The van der Waals surface area contributed by atoms with E-state index in [9.17, 15) is 9.59 Å². The number of carbonyl (C=O) groups is 2. The number of hydrogen-bond acceptors (Lipinski definition) is 5. The predicted octanol–water partition coefficient (Wildman–Crippen LogP) is 3.61. The van der Waals surface area contributed by atoms with Gasteiger partial charge in [0.15, 0.2) is 12.0 Å². The fraction of sp³-hybridized carbons (Fsp3) is 0.0556. The van der Waals surface area contributed by atoms with Gasteiger partial charge in [0.2, 0.25) is 0 Å². The van der Waals surface area contributed by atoms with E-state index in [0.717, 1.165) is 5.56 Å². The number of aldehydes is 1. The smallest absolute Gasteiger partial charge is 0.337 e. The van der Waals surface area contributed by atoms with Crippen LogP contribution >= 0.6 is 0 Å². The summed E-state index contributed by atoms with van der Waals surface area (Å²) in [6.45, 7) is 0. The number of carbonyl (C=O) groups excluding carboxylic acids is 2. The second-order valence-corrected chi connectivity index (χ2v) is 4.83. The van der Waals surface area contributed by atoms with Gasteiger partial charge in [-0.25, -0.2) is 4.79 Å². The van der Waals surface area contributed by atoms with Gasteiger partial charge in [-0.15, -0.1) is 0 Å². The molecule has 5 heteroatoms. The third kappa shape index (κ3) is 2.76. The number of esters is 1. The summed E-state index contributed by atoms with van der Waals surface area (Å²) in [6, 6.07) is 16.0. The topological polar surface area (TPSA) is 69.4 Å². The van der Waals surface area contributed by atoms with Gasteiger partial charge in [0.05, 0.1) is 18.2 Å². The van der Waals surface area contributed by atoms with Crippen LogP contribution in [0.15, 0.2) is 59.1 Å². The van der Waals surface area contributed by atoms with Crippen LogP contribution in [-0.4, -0.2) is 24.5 Å². The first-order valence-electron chi connectivity index (χ1n) is 6.93. The van der Waals surface area contributed by atoms with Gasteiger partial charge in [0.25, 0.3) is 0 Å². The Labute approximate surface area is 132 Å². The van der Waals surface area contributed by atoms with E-state index in [0.29, 0.717) is 34.4 Å². The summed E-state index contributed by atoms with van der Waals surface area (Å²) >= 11 is 0. The van der Waals surface area contributed by atoms with E-state index in [1.165, 1.54) is 7.11 Å². The normalized spacial score (nSPS) is 10.3. The van der Waals surface area contributed by atoms with E-state index < -0.39 is 5.97 Å². The second kappa shape index (κ2) is 6.27. The van der Waals surface area contributed by atoms with Gasteiger partial charge in [0, 0.05) is 11.1 Å². The lowest BCUT2D eigenvalue weighted by Gasteiger charge is -2.02. The highest BCUT2D eigenvalue weighted by atomic mass is 16.5. The molecule has 3 aromatic rings. The number of nitrogens with zero attached hydrogens (tertiary/aromatic N) is 1. The molecule has 1 aromatic heterocycles. The fourth-order valence-electron chi connectivity index (χ4n) is 2.32. The quantitative estimate of drug-likeness (QED) is 0.544. The van der Waals surface area contributed by atoms with Crippen molar-refractivity contribution in [2.24, 2.45) is 0 Å². The van der Waals surface area contributed by atoms with E-state index in [2.05, 4.69) is 5.16 Å². The molecule has 23 heavy (non-hydrogen) atoms. The monoisotopic (exact) mass is 307 g/mol. The van der Waals surface area contributed by atoms with Crippen molar-refractivity contribution in [3.8, 4) is 22.6 Å². The van der Waals surface area contributed by atoms with E-state index in [4.69, 9.17) is 9.26 Å². The Morgan fingerprint density at radius 2 is 1.83 bits per heavy atom. The van der Waals surface area contributed by atoms with Gasteiger partial charge >= 0.3 is 5.97 Å². The first-order valence-corrected chi connectivity index (χ1v) is 6.93. The van der Waals surface area contributed by atoms with Gasteiger partial charge in [-0.05, 0) is 12.1 Å². The maximum atomic E-state index is 11.6. The highest BCUT2D eigenvalue weighted by Crippen LogP contribution is 2.31. The van der Waals surface area contributed by atoms with Crippen LogP contribution in [0.5, 0.6) is 0 Å². The molecule has 2 aromatic carbocycles. The number of rotatable bonds is 4. The third-order valence-electron chi connectivity index (χ3n) is 3.44. The minimum Gasteiger partial charge on any atom is -0.465 e. The maximum absolute atomic E-state index is 11.6. The highest BCUT2D eigenvalue weighted by Gasteiger charge is 2.19.